The number of hydrogen-bond acceptors (Lipinski definition) is 3. The molecule has 0 saturated heterocycles. The Balaban J connectivity index is 0.00000289. The summed E-state index contributed by atoms with van der Waals surface area (Å²) < 4.78 is 6.16. The largest absolute Gasteiger partial charge is 1.00 e. The molecule has 0 aliphatic rings. The number of benzene rings is 4. The third kappa shape index (κ3) is 5.43. The van der Waals surface area contributed by atoms with E-state index in [1.54, 1.807) is 18.2 Å². The van der Waals surface area contributed by atoms with Gasteiger partial charge < -0.3 is 14.6 Å². The quantitative estimate of drug-likeness (QED) is 0.424. The molecule has 0 unspecified atom stereocenters. The van der Waals surface area contributed by atoms with Crippen LogP contribution in [-0.4, -0.2) is 5.97 Å². The minimum absolute atomic E-state index is 0. The molecule has 0 aliphatic carbocycles. The molecule has 3 nitrogen and oxygen atoms in total. The maximum absolute atomic E-state index is 11.4. The summed E-state index contributed by atoms with van der Waals surface area (Å²) in [6.45, 7) is 2.43. The Hall–Kier alpha value is -2.56. The first-order valence-electron chi connectivity index (χ1n) is 9.91. The Labute approximate surface area is 214 Å². The molecule has 154 valence electrons. The van der Waals surface area contributed by atoms with Gasteiger partial charge in [-0.25, -0.2) is 0 Å². The summed E-state index contributed by atoms with van der Waals surface area (Å²) in [7, 11) is 0. The van der Waals surface area contributed by atoms with Crippen molar-refractivity contribution in [3.05, 3.63) is 113 Å². The van der Waals surface area contributed by atoms with E-state index < -0.39 is 5.97 Å². The summed E-state index contributed by atoms with van der Waals surface area (Å²) in [6.07, 6.45) is 0. The van der Waals surface area contributed by atoms with E-state index in [-0.39, 0.29) is 35.1 Å². The van der Waals surface area contributed by atoms with Crippen LogP contribution in [0.25, 0.3) is 22.3 Å². The van der Waals surface area contributed by atoms with E-state index in [0.29, 0.717) is 17.4 Å². The maximum Gasteiger partial charge on any atom is 1.00 e. The van der Waals surface area contributed by atoms with Gasteiger partial charge in [0.15, 0.2) is 0 Å². The number of aromatic carboxylic acids is 1. The average Bonchev–Trinajstić information content (AvgIpc) is 2.79. The topological polar surface area (TPSA) is 49.4 Å². The maximum atomic E-state index is 11.4. The Morgan fingerprint density at radius 3 is 2.38 bits per heavy atom. The SMILES string of the molecule is Cc1cccc(-c2cc(Cl)ccc2OCc2ccccc2)c1-c1cccc(C(=O)[O-])c1.[Na+]. The van der Waals surface area contributed by atoms with Gasteiger partial charge in [-0.3, -0.25) is 0 Å². The number of aryl methyl sites for hydroxylation is 1. The molecule has 4 rings (SSSR count). The van der Waals surface area contributed by atoms with Gasteiger partial charge in [-0.05, 0) is 64.6 Å². The second kappa shape index (κ2) is 10.8. The van der Waals surface area contributed by atoms with Crippen LogP contribution >= 0.6 is 11.6 Å². The van der Waals surface area contributed by atoms with Crippen molar-refractivity contribution in [1.82, 2.24) is 0 Å². The first kappa shape index (κ1) is 24.1. The van der Waals surface area contributed by atoms with Crippen LogP contribution in [0, 0.1) is 6.92 Å². The van der Waals surface area contributed by atoms with E-state index in [9.17, 15) is 9.90 Å². The van der Waals surface area contributed by atoms with Gasteiger partial charge in [-0.1, -0.05) is 78.3 Å². The number of carboxylic acid groups (broad SMARTS) is 1. The molecule has 4 aromatic carbocycles. The van der Waals surface area contributed by atoms with Gasteiger partial charge in [-0.2, -0.15) is 0 Å². The van der Waals surface area contributed by atoms with Gasteiger partial charge in [0.2, 0.25) is 0 Å². The van der Waals surface area contributed by atoms with Crippen molar-refractivity contribution in [2.45, 2.75) is 13.5 Å². The average molecular weight is 451 g/mol. The molecule has 0 spiro atoms. The molecule has 0 radical (unpaired) electrons. The van der Waals surface area contributed by atoms with Crippen molar-refractivity contribution in [1.29, 1.82) is 0 Å². The number of ether oxygens (including phenoxy) is 1. The van der Waals surface area contributed by atoms with Crippen molar-refractivity contribution in [2.24, 2.45) is 0 Å². The van der Waals surface area contributed by atoms with Crippen LogP contribution < -0.4 is 39.4 Å². The number of hydrogen-bond donors (Lipinski definition) is 0. The number of halogens is 1. The fraction of sp³-hybridized carbons (Fsp3) is 0.0741. The third-order valence-electron chi connectivity index (χ3n) is 5.13. The van der Waals surface area contributed by atoms with Crippen LogP contribution in [-0.2, 0) is 6.61 Å². The first-order chi connectivity index (χ1) is 15.0. The molecule has 32 heavy (non-hydrogen) atoms. The molecule has 0 fully saturated rings. The van der Waals surface area contributed by atoms with Crippen LogP contribution in [0.1, 0.15) is 21.5 Å². The molecule has 0 amide bonds. The van der Waals surface area contributed by atoms with E-state index in [0.717, 1.165) is 33.4 Å². The second-order valence-corrected chi connectivity index (χ2v) is 7.72. The molecule has 0 aromatic heterocycles. The van der Waals surface area contributed by atoms with Gasteiger partial charge >= 0.3 is 29.6 Å². The Morgan fingerprint density at radius 2 is 1.62 bits per heavy atom. The number of carboxylic acids is 1. The molecule has 4 aromatic rings. The number of carbonyl (C=O) groups is 1. The van der Waals surface area contributed by atoms with E-state index in [4.69, 9.17) is 16.3 Å². The molecule has 0 aliphatic heterocycles. The summed E-state index contributed by atoms with van der Waals surface area (Å²) in [5.41, 5.74) is 5.71. The molecular weight excluding hydrogens is 431 g/mol. The van der Waals surface area contributed by atoms with Gasteiger partial charge in [0.05, 0.1) is 5.97 Å². The minimum atomic E-state index is -1.20. The summed E-state index contributed by atoms with van der Waals surface area (Å²) in [5.74, 6) is -0.497. The van der Waals surface area contributed by atoms with Crippen molar-refractivity contribution in [3.63, 3.8) is 0 Å². The zero-order chi connectivity index (χ0) is 21.8. The van der Waals surface area contributed by atoms with Crippen molar-refractivity contribution >= 4 is 17.6 Å². The summed E-state index contributed by atoms with van der Waals surface area (Å²) in [4.78, 5) is 11.4. The standard InChI is InChI=1S/C27H21ClO3.Na/c1-18-7-5-12-23(26(18)20-10-6-11-21(15-20)27(29)30)24-16-22(28)13-14-25(24)31-17-19-8-3-2-4-9-19;/h2-16H,17H2,1H3,(H,29,30);/q;+1/p-1. The molecule has 0 bridgehead atoms. The van der Waals surface area contributed by atoms with Crippen molar-refractivity contribution in [2.75, 3.05) is 0 Å². The third-order valence-corrected chi connectivity index (χ3v) is 5.36. The van der Waals surface area contributed by atoms with Gasteiger partial charge in [0.1, 0.15) is 12.4 Å². The summed E-state index contributed by atoms with van der Waals surface area (Å²) in [6, 6.07) is 28.2. The van der Waals surface area contributed by atoms with Crippen LogP contribution in [0.4, 0.5) is 0 Å². The van der Waals surface area contributed by atoms with Gasteiger partial charge in [0.25, 0.3) is 0 Å². The Morgan fingerprint density at radius 1 is 0.875 bits per heavy atom. The van der Waals surface area contributed by atoms with E-state index in [1.807, 2.05) is 73.7 Å². The second-order valence-electron chi connectivity index (χ2n) is 7.28. The molecular formula is C27H20ClNaO3. The predicted octanol–water partition coefficient (Wildman–Crippen LogP) is 2.93. The van der Waals surface area contributed by atoms with Crippen LogP contribution in [0.2, 0.25) is 5.02 Å². The van der Waals surface area contributed by atoms with Crippen molar-refractivity contribution < 1.29 is 44.2 Å². The molecule has 0 atom stereocenters. The predicted molar refractivity (Wildman–Crippen MR) is 122 cm³/mol. The summed E-state index contributed by atoms with van der Waals surface area (Å²) >= 11 is 6.35. The zero-order valence-corrected chi connectivity index (χ0v) is 20.7. The fourth-order valence-electron chi connectivity index (χ4n) is 3.65. The van der Waals surface area contributed by atoms with Crippen LogP contribution in [0.3, 0.4) is 0 Å². The Kier molecular flexibility index (Phi) is 8.16. The molecule has 0 heterocycles. The number of carbonyl (C=O) groups excluding carboxylic acids is 1. The van der Waals surface area contributed by atoms with Crippen molar-refractivity contribution in [3.8, 4) is 28.0 Å². The summed E-state index contributed by atoms with van der Waals surface area (Å²) in [5, 5.41) is 12.0. The van der Waals surface area contributed by atoms with Gasteiger partial charge in [0, 0.05) is 10.6 Å². The molecule has 0 N–H and O–H groups in total. The minimum Gasteiger partial charge on any atom is -0.545 e. The van der Waals surface area contributed by atoms with Crippen LogP contribution in [0.5, 0.6) is 5.75 Å². The molecule has 0 saturated carbocycles. The fourth-order valence-corrected chi connectivity index (χ4v) is 3.82. The van der Waals surface area contributed by atoms with E-state index in [2.05, 4.69) is 0 Å². The van der Waals surface area contributed by atoms with E-state index >= 15 is 0 Å². The first-order valence-corrected chi connectivity index (χ1v) is 10.3. The van der Waals surface area contributed by atoms with E-state index in [1.165, 1.54) is 6.07 Å². The number of rotatable bonds is 6. The van der Waals surface area contributed by atoms with Gasteiger partial charge in [-0.15, -0.1) is 0 Å². The molecule has 5 heteroatoms. The monoisotopic (exact) mass is 450 g/mol. The zero-order valence-electron chi connectivity index (χ0n) is 18.0. The normalized spacial score (nSPS) is 10.3. The Bertz CT molecular complexity index is 1240. The smallest absolute Gasteiger partial charge is 0.545 e. The van der Waals surface area contributed by atoms with Crippen LogP contribution in [0.15, 0.2) is 91.0 Å².